The summed E-state index contributed by atoms with van der Waals surface area (Å²) in [6.07, 6.45) is 7.93. The molecule has 0 atom stereocenters. The van der Waals surface area contributed by atoms with Crippen molar-refractivity contribution in [3.05, 3.63) is 73.2 Å². The fourth-order valence-electron chi connectivity index (χ4n) is 3.82. The van der Waals surface area contributed by atoms with Gasteiger partial charge in [-0.15, -0.1) is 0 Å². The Morgan fingerprint density at radius 2 is 1.63 bits per heavy atom. The fraction of sp³-hybridized carbons (Fsp3) is 0.167. The van der Waals surface area contributed by atoms with Gasteiger partial charge >= 0.3 is 0 Å². The van der Waals surface area contributed by atoms with E-state index in [1.54, 1.807) is 18.5 Å². The van der Waals surface area contributed by atoms with Crippen molar-refractivity contribution < 1.29 is 0 Å². The molecule has 4 aromatic rings. The van der Waals surface area contributed by atoms with Gasteiger partial charge in [-0.05, 0) is 48.7 Å². The van der Waals surface area contributed by atoms with Crippen LogP contribution in [0.25, 0.3) is 33.9 Å². The summed E-state index contributed by atoms with van der Waals surface area (Å²) >= 11 is 0. The summed E-state index contributed by atoms with van der Waals surface area (Å²) < 4.78 is 0. The number of anilines is 2. The Hall–Kier alpha value is -3.80. The van der Waals surface area contributed by atoms with Crippen molar-refractivity contribution in [3.8, 4) is 33.9 Å². The standard InChI is InChI=1S/C24H22N6/c25-23-14-22(28-24(29-23)21-8-1-2-9-27-21)19-12-18(15-26-16-19)17-6-5-7-20(13-17)30-10-3-4-11-30/h1-2,5-9,12-16H,3-4,10-11H2,(H2,25,28,29). The molecule has 3 aromatic heterocycles. The number of nitrogen functional groups attached to an aromatic ring is 1. The molecule has 0 spiro atoms. The molecule has 30 heavy (non-hydrogen) atoms. The van der Waals surface area contributed by atoms with Crippen LogP contribution in [-0.2, 0) is 0 Å². The highest BCUT2D eigenvalue weighted by molar-refractivity contribution is 5.74. The highest BCUT2D eigenvalue weighted by Crippen LogP contribution is 2.29. The first-order valence-electron chi connectivity index (χ1n) is 10.1. The second-order valence-corrected chi connectivity index (χ2v) is 7.42. The SMILES string of the molecule is Nc1cc(-c2cncc(-c3cccc(N4CCCC4)c3)c2)nc(-c2ccccn2)n1. The number of rotatable bonds is 4. The molecular weight excluding hydrogens is 372 g/mol. The Morgan fingerprint density at radius 3 is 2.47 bits per heavy atom. The van der Waals surface area contributed by atoms with Crippen LogP contribution in [0.15, 0.2) is 73.2 Å². The molecule has 0 aliphatic carbocycles. The minimum atomic E-state index is 0.405. The molecule has 0 radical (unpaired) electrons. The molecule has 1 fully saturated rings. The fourth-order valence-corrected chi connectivity index (χ4v) is 3.82. The van der Waals surface area contributed by atoms with Gasteiger partial charge < -0.3 is 10.6 Å². The molecule has 4 heterocycles. The Kier molecular flexibility index (Phi) is 4.81. The lowest BCUT2D eigenvalue weighted by molar-refractivity contribution is 0.949. The van der Waals surface area contributed by atoms with Crippen LogP contribution in [0.5, 0.6) is 0 Å². The average molecular weight is 394 g/mol. The van der Waals surface area contributed by atoms with Gasteiger partial charge in [0.1, 0.15) is 11.5 Å². The Balaban J connectivity index is 1.52. The monoisotopic (exact) mass is 394 g/mol. The maximum atomic E-state index is 6.07. The second-order valence-electron chi connectivity index (χ2n) is 7.42. The normalized spacial score (nSPS) is 13.5. The predicted molar refractivity (Wildman–Crippen MR) is 120 cm³/mol. The summed E-state index contributed by atoms with van der Waals surface area (Å²) in [6.45, 7) is 2.25. The first kappa shape index (κ1) is 18.2. The summed E-state index contributed by atoms with van der Waals surface area (Å²) in [6, 6.07) is 18.1. The molecule has 1 aliphatic rings. The number of benzene rings is 1. The van der Waals surface area contributed by atoms with E-state index in [-0.39, 0.29) is 0 Å². The first-order valence-corrected chi connectivity index (χ1v) is 10.1. The molecule has 148 valence electrons. The van der Waals surface area contributed by atoms with Gasteiger partial charge in [0.05, 0.1) is 5.69 Å². The van der Waals surface area contributed by atoms with Crippen LogP contribution < -0.4 is 10.6 Å². The third-order valence-electron chi connectivity index (χ3n) is 5.32. The van der Waals surface area contributed by atoms with Crippen molar-refractivity contribution in [2.45, 2.75) is 12.8 Å². The van der Waals surface area contributed by atoms with Crippen LogP contribution in [0.4, 0.5) is 11.5 Å². The molecule has 1 aliphatic heterocycles. The van der Waals surface area contributed by atoms with Crippen molar-refractivity contribution in [1.29, 1.82) is 0 Å². The number of hydrogen-bond donors (Lipinski definition) is 1. The third-order valence-corrected chi connectivity index (χ3v) is 5.32. The van der Waals surface area contributed by atoms with E-state index in [9.17, 15) is 0 Å². The minimum Gasteiger partial charge on any atom is -0.384 e. The Bertz CT molecular complexity index is 1170. The van der Waals surface area contributed by atoms with E-state index >= 15 is 0 Å². The molecule has 0 bridgehead atoms. The van der Waals surface area contributed by atoms with Gasteiger partial charge in [0, 0.05) is 54.6 Å². The molecule has 6 heteroatoms. The summed E-state index contributed by atoms with van der Waals surface area (Å²) in [7, 11) is 0. The van der Waals surface area contributed by atoms with Crippen molar-refractivity contribution in [3.63, 3.8) is 0 Å². The maximum absolute atomic E-state index is 6.07. The van der Waals surface area contributed by atoms with Gasteiger partial charge in [0.15, 0.2) is 5.82 Å². The highest BCUT2D eigenvalue weighted by atomic mass is 15.1. The number of aromatic nitrogens is 4. The lowest BCUT2D eigenvalue weighted by Gasteiger charge is -2.18. The highest BCUT2D eigenvalue weighted by Gasteiger charge is 2.14. The summed E-state index contributed by atoms with van der Waals surface area (Å²) in [5.41, 5.74) is 11.8. The Morgan fingerprint density at radius 1 is 0.767 bits per heavy atom. The summed E-state index contributed by atoms with van der Waals surface area (Å²) in [5.74, 6) is 0.911. The number of pyridine rings is 2. The smallest absolute Gasteiger partial charge is 0.180 e. The molecule has 5 rings (SSSR count). The Labute approximate surface area is 175 Å². The zero-order valence-corrected chi connectivity index (χ0v) is 16.6. The number of nitrogens with zero attached hydrogens (tertiary/aromatic N) is 5. The van der Waals surface area contributed by atoms with E-state index in [1.165, 1.54) is 18.5 Å². The van der Waals surface area contributed by atoms with Gasteiger partial charge in [0.2, 0.25) is 0 Å². The van der Waals surface area contributed by atoms with Crippen LogP contribution in [0.2, 0.25) is 0 Å². The second kappa shape index (κ2) is 7.91. The first-order chi connectivity index (χ1) is 14.8. The summed E-state index contributed by atoms with van der Waals surface area (Å²) in [4.78, 5) is 20.3. The quantitative estimate of drug-likeness (QED) is 0.551. The van der Waals surface area contributed by atoms with Crippen LogP contribution in [0.3, 0.4) is 0 Å². The van der Waals surface area contributed by atoms with Crippen molar-refractivity contribution in [2.75, 3.05) is 23.7 Å². The molecular formula is C24H22N6. The van der Waals surface area contributed by atoms with Gasteiger partial charge in [-0.1, -0.05) is 18.2 Å². The minimum absolute atomic E-state index is 0.405. The van der Waals surface area contributed by atoms with Crippen molar-refractivity contribution in [1.82, 2.24) is 19.9 Å². The molecule has 0 unspecified atom stereocenters. The van der Waals surface area contributed by atoms with Gasteiger partial charge in [-0.25, -0.2) is 9.97 Å². The lowest BCUT2D eigenvalue weighted by Crippen LogP contribution is -2.17. The van der Waals surface area contributed by atoms with Crippen LogP contribution in [0, 0.1) is 0 Å². The molecule has 1 aromatic carbocycles. The van der Waals surface area contributed by atoms with E-state index < -0.39 is 0 Å². The van der Waals surface area contributed by atoms with E-state index in [0.717, 1.165) is 35.5 Å². The molecule has 0 amide bonds. The van der Waals surface area contributed by atoms with Crippen LogP contribution >= 0.6 is 0 Å². The number of hydrogen-bond acceptors (Lipinski definition) is 6. The van der Waals surface area contributed by atoms with E-state index in [0.29, 0.717) is 17.3 Å². The molecule has 0 saturated carbocycles. The predicted octanol–water partition coefficient (Wildman–Crippen LogP) is 4.45. The van der Waals surface area contributed by atoms with E-state index in [2.05, 4.69) is 55.2 Å². The topological polar surface area (TPSA) is 80.8 Å². The van der Waals surface area contributed by atoms with Crippen molar-refractivity contribution >= 4 is 11.5 Å². The largest absolute Gasteiger partial charge is 0.384 e. The molecule has 6 nitrogen and oxygen atoms in total. The van der Waals surface area contributed by atoms with Gasteiger partial charge in [-0.3, -0.25) is 9.97 Å². The summed E-state index contributed by atoms with van der Waals surface area (Å²) in [5, 5.41) is 0. The zero-order valence-electron chi connectivity index (χ0n) is 16.6. The van der Waals surface area contributed by atoms with Crippen LogP contribution in [-0.4, -0.2) is 33.0 Å². The van der Waals surface area contributed by atoms with E-state index in [1.807, 2.05) is 24.4 Å². The average Bonchev–Trinajstić information content (AvgIpc) is 3.35. The van der Waals surface area contributed by atoms with Gasteiger partial charge in [-0.2, -0.15) is 0 Å². The van der Waals surface area contributed by atoms with Gasteiger partial charge in [0.25, 0.3) is 0 Å². The lowest BCUT2D eigenvalue weighted by atomic mass is 10.0. The van der Waals surface area contributed by atoms with Crippen LogP contribution in [0.1, 0.15) is 12.8 Å². The van der Waals surface area contributed by atoms with E-state index in [4.69, 9.17) is 5.73 Å². The zero-order chi connectivity index (χ0) is 20.3. The van der Waals surface area contributed by atoms with Crippen molar-refractivity contribution in [2.24, 2.45) is 0 Å². The maximum Gasteiger partial charge on any atom is 0.180 e. The third kappa shape index (κ3) is 3.72. The number of nitrogens with two attached hydrogens (primary N) is 1. The molecule has 1 saturated heterocycles. The molecule has 2 N–H and O–H groups in total.